The second-order valence-corrected chi connectivity index (χ2v) is 11.5. The van der Waals surface area contributed by atoms with Crippen LogP contribution in [0.25, 0.3) is 6.08 Å². The fourth-order valence-electron chi connectivity index (χ4n) is 5.55. The second kappa shape index (κ2) is 12.7. The highest BCUT2D eigenvalue weighted by Gasteiger charge is 2.39. The number of methoxy groups -OCH3 is 1. The molecular formula is C31H36N2O5S. The summed E-state index contributed by atoms with van der Waals surface area (Å²) in [5.74, 6) is 0.255. The molecule has 3 fully saturated rings. The van der Waals surface area contributed by atoms with Crippen molar-refractivity contribution in [1.29, 1.82) is 0 Å². The minimum Gasteiger partial charge on any atom is -0.493 e. The van der Waals surface area contributed by atoms with Gasteiger partial charge in [-0.3, -0.25) is 14.7 Å². The van der Waals surface area contributed by atoms with Crippen LogP contribution in [0.2, 0.25) is 0 Å². The number of aromatic carboxylic acids is 1. The van der Waals surface area contributed by atoms with Crippen LogP contribution in [-0.2, 0) is 11.4 Å². The van der Waals surface area contributed by atoms with E-state index in [2.05, 4.69) is 0 Å². The smallest absolute Gasteiger partial charge is 0.335 e. The molecule has 0 bridgehead atoms. The van der Waals surface area contributed by atoms with Crippen LogP contribution in [-0.4, -0.2) is 46.2 Å². The summed E-state index contributed by atoms with van der Waals surface area (Å²) < 4.78 is 11.6. The van der Waals surface area contributed by atoms with Gasteiger partial charge in [-0.1, -0.05) is 56.7 Å². The van der Waals surface area contributed by atoms with Crippen LogP contribution >= 0.6 is 11.8 Å². The molecule has 206 valence electrons. The van der Waals surface area contributed by atoms with E-state index in [4.69, 9.17) is 19.6 Å². The third-order valence-electron chi connectivity index (χ3n) is 7.73. The van der Waals surface area contributed by atoms with Crippen molar-refractivity contribution in [2.75, 3.05) is 7.11 Å². The summed E-state index contributed by atoms with van der Waals surface area (Å²) in [5, 5.41) is 9.96. The average Bonchev–Trinajstić information content (AvgIpc) is 3.27. The number of carboxylic acids is 1. The number of carboxylic acid groups (broad SMARTS) is 1. The predicted octanol–water partition coefficient (Wildman–Crippen LogP) is 6.91. The lowest BCUT2D eigenvalue weighted by Gasteiger charge is -2.31. The van der Waals surface area contributed by atoms with Crippen LogP contribution in [0.5, 0.6) is 11.5 Å². The summed E-state index contributed by atoms with van der Waals surface area (Å²) in [6.45, 7) is 0.280. The van der Waals surface area contributed by atoms with E-state index in [0.717, 1.165) is 54.8 Å². The van der Waals surface area contributed by atoms with Gasteiger partial charge in [0.2, 0.25) is 0 Å². The van der Waals surface area contributed by atoms with Crippen molar-refractivity contribution in [3.8, 4) is 11.5 Å². The maximum absolute atomic E-state index is 13.7. The quantitative estimate of drug-likeness (QED) is 0.361. The van der Waals surface area contributed by atoms with Crippen molar-refractivity contribution >= 4 is 34.9 Å². The topological polar surface area (TPSA) is 88.4 Å². The minimum atomic E-state index is -0.956. The molecule has 0 unspecified atom stereocenters. The Balaban J connectivity index is 1.33. The van der Waals surface area contributed by atoms with E-state index in [-0.39, 0.29) is 24.1 Å². The van der Waals surface area contributed by atoms with E-state index in [9.17, 15) is 9.59 Å². The molecule has 1 aliphatic heterocycles. The highest BCUT2D eigenvalue weighted by molar-refractivity contribution is 8.18. The lowest BCUT2D eigenvalue weighted by molar-refractivity contribution is -0.124. The zero-order chi connectivity index (χ0) is 27.2. The van der Waals surface area contributed by atoms with Crippen molar-refractivity contribution in [3.63, 3.8) is 0 Å². The number of hydrogen-bond acceptors (Lipinski definition) is 6. The molecule has 0 atom stereocenters. The van der Waals surface area contributed by atoms with Gasteiger partial charge >= 0.3 is 5.97 Å². The zero-order valence-electron chi connectivity index (χ0n) is 22.4. The Morgan fingerprint density at radius 3 is 2.36 bits per heavy atom. The molecule has 0 spiro atoms. The number of thioether (sulfide) groups is 1. The van der Waals surface area contributed by atoms with Crippen molar-refractivity contribution in [2.45, 2.75) is 82.9 Å². The number of rotatable bonds is 8. The number of amides is 1. The Labute approximate surface area is 234 Å². The largest absolute Gasteiger partial charge is 0.493 e. The van der Waals surface area contributed by atoms with E-state index in [1.54, 1.807) is 31.4 Å². The first kappa shape index (κ1) is 27.3. The van der Waals surface area contributed by atoms with E-state index >= 15 is 0 Å². The van der Waals surface area contributed by atoms with E-state index in [1.807, 2.05) is 29.2 Å². The Bertz CT molecular complexity index is 1240. The summed E-state index contributed by atoms with van der Waals surface area (Å²) >= 11 is 1.51. The third-order valence-corrected chi connectivity index (χ3v) is 8.72. The lowest BCUT2D eigenvalue weighted by Crippen LogP contribution is -2.41. The van der Waals surface area contributed by atoms with Crippen LogP contribution in [0.3, 0.4) is 0 Å². The molecule has 7 nitrogen and oxygen atoms in total. The molecule has 0 aromatic heterocycles. The number of carbonyl (C=O) groups is 2. The summed E-state index contributed by atoms with van der Waals surface area (Å²) in [4.78, 5) is 32.6. The minimum absolute atomic E-state index is 0.0607. The van der Waals surface area contributed by atoms with Crippen LogP contribution in [0.15, 0.2) is 52.4 Å². The first-order valence-corrected chi connectivity index (χ1v) is 14.8. The van der Waals surface area contributed by atoms with Gasteiger partial charge in [0.15, 0.2) is 16.7 Å². The van der Waals surface area contributed by atoms with Crippen molar-refractivity contribution < 1.29 is 24.2 Å². The molecule has 1 amide bonds. The van der Waals surface area contributed by atoms with Gasteiger partial charge in [-0.25, -0.2) is 4.79 Å². The van der Waals surface area contributed by atoms with Crippen molar-refractivity contribution in [1.82, 2.24) is 4.90 Å². The third kappa shape index (κ3) is 6.67. The normalized spacial score (nSPS) is 21.1. The fraction of sp³-hybridized carbons (Fsp3) is 0.452. The van der Waals surface area contributed by atoms with Gasteiger partial charge in [-0.15, -0.1) is 0 Å². The van der Waals surface area contributed by atoms with E-state index < -0.39 is 5.97 Å². The molecule has 2 saturated carbocycles. The van der Waals surface area contributed by atoms with Gasteiger partial charge in [0.25, 0.3) is 5.91 Å². The van der Waals surface area contributed by atoms with Crippen molar-refractivity contribution in [3.05, 3.63) is 64.1 Å². The number of hydrogen-bond donors (Lipinski definition) is 1. The van der Waals surface area contributed by atoms with Gasteiger partial charge in [-0.2, -0.15) is 0 Å². The molecule has 1 saturated heterocycles. The lowest BCUT2D eigenvalue weighted by atomic mass is 9.94. The van der Waals surface area contributed by atoms with Crippen LogP contribution in [0.1, 0.15) is 85.7 Å². The van der Waals surface area contributed by atoms with E-state index in [1.165, 1.54) is 37.4 Å². The Morgan fingerprint density at radius 2 is 1.69 bits per heavy atom. The summed E-state index contributed by atoms with van der Waals surface area (Å²) in [6.07, 6.45) is 13.5. The molecule has 5 rings (SSSR count). The number of nitrogens with zero attached hydrogens (tertiary/aromatic N) is 2. The first-order chi connectivity index (χ1) is 19.0. The average molecular weight is 549 g/mol. The molecule has 39 heavy (non-hydrogen) atoms. The molecule has 2 aromatic carbocycles. The fourth-order valence-corrected chi connectivity index (χ4v) is 6.66. The maximum atomic E-state index is 13.7. The molecule has 2 aliphatic carbocycles. The predicted molar refractivity (Wildman–Crippen MR) is 154 cm³/mol. The standard InChI is InChI=1S/C31H36N2O5S/c1-37-27-18-22(14-17-26(27)38-20-21-12-15-23(16-13-21)30(35)36)19-28-29(34)33(25-10-6-3-7-11-25)31(39-28)32-24-8-4-2-5-9-24/h12-19,24-25H,2-11,20H2,1H3,(H,35,36)/b28-19+,32-31?. The summed E-state index contributed by atoms with van der Waals surface area (Å²) in [7, 11) is 1.59. The van der Waals surface area contributed by atoms with Crippen LogP contribution < -0.4 is 9.47 Å². The number of carbonyl (C=O) groups excluding carboxylic acids is 1. The van der Waals surface area contributed by atoms with Gasteiger partial charge in [-0.05, 0) is 78.9 Å². The molecule has 2 aromatic rings. The summed E-state index contributed by atoms with van der Waals surface area (Å²) in [6, 6.07) is 12.8. The molecular weight excluding hydrogens is 512 g/mol. The Kier molecular flexibility index (Phi) is 8.91. The molecule has 8 heteroatoms. The number of benzene rings is 2. The molecule has 3 aliphatic rings. The number of aliphatic imine (C=N–C) groups is 1. The number of ether oxygens (including phenoxy) is 2. The van der Waals surface area contributed by atoms with Crippen LogP contribution in [0, 0.1) is 0 Å². The highest BCUT2D eigenvalue weighted by Crippen LogP contribution is 2.39. The molecule has 0 radical (unpaired) electrons. The molecule has 1 heterocycles. The van der Waals surface area contributed by atoms with E-state index in [0.29, 0.717) is 22.4 Å². The highest BCUT2D eigenvalue weighted by atomic mass is 32.2. The van der Waals surface area contributed by atoms with Crippen molar-refractivity contribution in [2.24, 2.45) is 4.99 Å². The van der Waals surface area contributed by atoms with Gasteiger partial charge in [0.05, 0.1) is 23.6 Å². The van der Waals surface area contributed by atoms with Gasteiger partial charge in [0.1, 0.15) is 6.61 Å². The molecule has 1 N–H and O–H groups in total. The Morgan fingerprint density at radius 1 is 1.00 bits per heavy atom. The SMILES string of the molecule is COc1cc(/C=C2/SC(=NC3CCCCC3)N(C3CCCCC3)C2=O)ccc1OCc1ccc(C(=O)O)cc1. The maximum Gasteiger partial charge on any atom is 0.335 e. The zero-order valence-corrected chi connectivity index (χ0v) is 23.3. The van der Waals surface area contributed by atoms with Gasteiger partial charge < -0.3 is 14.6 Å². The van der Waals surface area contributed by atoms with Gasteiger partial charge in [0, 0.05) is 6.04 Å². The number of amidine groups is 1. The second-order valence-electron chi connectivity index (χ2n) is 10.5. The van der Waals surface area contributed by atoms with Crippen LogP contribution in [0.4, 0.5) is 0 Å². The summed E-state index contributed by atoms with van der Waals surface area (Å²) in [5.41, 5.74) is 1.96. The Hall–Kier alpha value is -3.26. The first-order valence-electron chi connectivity index (χ1n) is 14.0. The monoisotopic (exact) mass is 548 g/mol.